The van der Waals surface area contributed by atoms with E-state index >= 15 is 0 Å². The van der Waals surface area contributed by atoms with Gasteiger partial charge in [-0.05, 0) is 31.0 Å². The molecule has 0 radical (unpaired) electrons. The Bertz CT molecular complexity index is 383. The van der Waals surface area contributed by atoms with Crippen LogP contribution in [0.5, 0.6) is 0 Å². The number of anilines is 1. The zero-order valence-corrected chi connectivity index (χ0v) is 10.0. The molecule has 1 aromatic rings. The van der Waals surface area contributed by atoms with Gasteiger partial charge in [0.05, 0.1) is 0 Å². The number of urea groups is 1. The van der Waals surface area contributed by atoms with Gasteiger partial charge in [0.2, 0.25) is 0 Å². The van der Waals surface area contributed by atoms with Crippen molar-refractivity contribution >= 4 is 11.7 Å². The van der Waals surface area contributed by atoms with Crippen molar-refractivity contribution in [2.75, 3.05) is 25.6 Å². The predicted molar refractivity (Wildman–Crippen MR) is 64.7 cm³/mol. The molecule has 0 heterocycles. The second-order valence-electron chi connectivity index (χ2n) is 3.69. The van der Waals surface area contributed by atoms with Crippen molar-refractivity contribution in [1.29, 1.82) is 0 Å². The van der Waals surface area contributed by atoms with Crippen LogP contribution in [0.2, 0.25) is 0 Å². The summed E-state index contributed by atoms with van der Waals surface area (Å²) in [6.45, 7) is 2.79. The second-order valence-corrected chi connectivity index (χ2v) is 3.69. The molecule has 4 nitrogen and oxygen atoms in total. The lowest BCUT2D eigenvalue weighted by Crippen LogP contribution is -2.30. The molecule has 0 bridgehead atoms. The molecule has 0 aliphatic carbocycles. The average molecular weight is 240 g/mol. The fourth-order valence-corrected chi connectivity index (χ4v) is 1.26. The Balaban J connectivity index is 2.37. The first-order chi connectivity index (χ1) is 8.13. The fourth-order valence-electron chi connectivity index (χ4n) is 1.26. The lowest BCUT2D eigenvalue weighted by Gasteiger charge is -2.08. The summed E-state index contributed by atoms with van der Waals surface area (Å²) in [4.78, 5) is 11.4. The van der Waals surface area contributed by atoms with E-state index in [0.29, 0.717) is 24.4 Å². The first-order valence-electron chi connectivity index (χ1n) is 5.43. The molecule has 2 N–H and O–H groups in total. The average Bonchev–Trinajstić information content (AvgIpc) is 2.30. The topological polar surface area (TPSA) is 50.4 Å². The Morgan fingerprint density at radius 1 is 1.47 bits per heavy atom. The van der Waals surface area contributed by atoms with Gasteiger partial charge in [0.15, 0.2) is 0 Å². The predicted octanol–water partition coefficient (Wildman–Crippen LogP) is 2.29. The van der Waals surface area contributed by atoms with Crippen LogP contribution in [0.4, 0.5) is 14.9 Å². The van der Waals surface area contributed by atoms with Crippen LogP contribution >= 0.6 is 0 Å². The van der Waals surface area contributed by atoms with Crippen LogP contribution in [0, 0.1) is 12.7 Å². The minimum atomic E-state index is -0.343. The highest BCUT2D eigenvalue weighted by molar-refractivity contribution is 5.89. The lowest BCUT2D eigenvalue weighted by molar-refractivity contribution is 0.194. The van der Waals surface area contributed by atoms with E-state index in [1.165, 1.54) is 6.07 Å². The Kier molecular flexibility index (Phi) is 5.42. The first kappa shape index (κ1) is 13.4. The molecule has 2 amide bonds. The molecular weight excluding hydrogens is 223 g/mol. The summed E-state index contributed by atoms with van der Waals surface area (Å²) in [5.74, 6) is -0.331. The van der Waals surface area contributed by atoms with E-state index in [1.54, 1.807) is 26.2 Å². The summed E-state index contributed by atoms with van der Waals surface area (Å²) >= 11 is 0. The van der Waals surface area contributed by atoms with Crippen molar-refractivity contribution < 1.29 is 13.9 Å². The number of rotatable bonds is 5. The molecule has 0 fully saturated rings. The molecule has 0 atom stereocenters. The zero-order chi connectivity index (χ0) is 12.7. The third-order valence-electron chi connectivity index (χ3n) is 2.24. The summed E-state index contributed by atoms with van der Waals surface area (Å²) < 4.78 is 18.0. The standard InChI is InChI=1S/C12H17FN2O2/c1-9-4-5-10(8-11(9)13)15-12(16)14-6-3-7-17-2/h4-5,8H,3,6-7H2,1-2H3,(H2,14,15,16). The first-order valence-corrected chi connectivity index (χ1v) is 5.43. The lowest BCUT2D eigenvalue weighted by atomic mass is 10.2. The van der Waals surface area contributed by atoms with Gasteiger partial charge in [0, 0.05) is 25.9 Å². The van der Waals surface area contributed by atoms with Gasteiger partial charge in [-0.25, -0.2) is 9.18 Å². The third kappa shape index (κ3) is 4.82. The van der Waals surface area contributed by atoms with Crippen molar-refractivity contribution in [2.45, 2.75) is 13.3 Å². The second kappa shape index (κ2) is 6.85. The molecule has 17 heavy (non-hydrogen) atoms. The van der Waals surface area contributed by atoms with Crippen molar-refractivity contribution in [1.82, 2.24) is 5.32 Å². The van der Waals surface area contributed by atoms with Gasteiger partial charge in [-0.15, -0.1) is 0 Å². The van der Waals surface area contributed by atoms with Crippen molar-refractivity contribution in [2.24, 2.45) is 0 Å². The van der Waals surface area contributed by atoms with Gasteiger partial charge in [0.1, 0.15) is 5.82 Å². The van der Waals surface area contributed by atoms with Crippen LogP contribution < -0.4 is 10.6 Å². The highest BCUT2D eigenvalue weighted by atomic mass is 19.1. The van der Waals surface area contributed by atoms with Gasteiger partial charge in [-0.1, -0.05) is 6.07 Å². The Morgan fingerprint density at radius 3 is 2.88 bits per heavy atom. The maximum absolute atomic E-state index is 13.2. The number of amides is 2. The molecule has 0 saturated carbocycles. The molecular formula is C12H17FN2O2. The number of ether oxygens (including phenoxy) is 1. The van der Waals surface area contributed by atoms with Crippen LogP contribution in [-0.4, -0.2) is 26.3 Å². The molecule has 94 valence electrons. The van der Waals surface area contributed by atoms with Gasteiger partial charge in [0.25, 0.3) is 0 Å². The fraction of sp³-hybridized carbons (Fsp3) is 0.417. The van der Waals surface area contributed by atoms with E-state index in [1.807, 2.05) is 0 Å². The SMILES string of the molecule is COCCCNC(=O)Nc1ccc(C)c(F)c1. The summed E-state index contributed by atoms with van der Waals surface area (Å²) in [6, 6.07) is 4.23. The van der Waals surface area contributed by atoms with Crippen LogP contribution in [-0.2, 0) is 4.74 Å². The monoisotopic (exact) mass is 240 g/mol. The van der Waals surface area contributed by atoms with E-state index in [0.717, 1.165) is 6.42 Å². The molecule has 1 aromatic carbocycles. The summed E-state index contributed by atoms with van der Waals surface area (Å²) in [5.41, 5.74) is 0.994. The Labute approximate surface area is 100 Å². The summed E-state index contributed by atoms with van der Waals surface area (Å²) in [6.07, 6.45) is 0.742. The van der Waals surface area contributed by atoms with Crippen LogP contribution in [0.1, 0.15) is 12.0 Å². The maximum Gasteiger partial charge on any atom is 0.319 e. The molecule has 0 aliphatic heterocycles. The number of halogens is 1. The number of carbonyl (C=O) groups is 1. The van der Waals surface area contributed by atoms with Gasteiger partial charge in [-0.2, -0.15) is 0 Å². The minimum Gasteiger partial charge on any atom is -0.385 e. The largest absolute Gasteiger partial charge is 0.385 e. The molecule has 0 unspecified atom stereocenters. The molecule has 0 aliphatic rings. The number of carbonyl (C=O) groups excluding carboxylic acids is 1. The Hall–Kier alpha value is -1.62. The zero-order valence-electron chi connectivity index (χ0n) is 10.0. The Morgan fingerprint density at radius 2 is 2.24 bits per heavy atom. The van der Waals surface area contributed by atoms with Crippen molar-refractivity contribution in [3.63, 3.8) is 0 Å². The van der Waals surface area contributed by atoms with E-state index in [2.05, 4.69) is 10.6 Å². The van der Waals surface area contributed by atoms with Crippen molar-refractivity contribution in [3.05, 3.63) is 29.6 Å². The highest BCUT2D eigenvalue weighted by Gasteiger charge is 2.03. The van der Waals surface area contributed by atoms with Crippen LogP contribution in [0.15, 0.2) is 18.2 Å². The van der Waals surface area contributed by atoms with Crippen molar-refractivity contribution in [3.8, 4) is 0 Å². The number of benzene rings is 1. The molecule has 5 heteroatoms. The maximum atomic E-state index is 13.2. The quantitative estimate of drug-likeness (QED) is 0.776. The number of hydrogen-bond donors (Lipinski definition) is 2. The third-order valence-corrected chi connectivity index (χ3v) is 2.24. The normalized spacial score (nSPS) is 10.1. The summed E-state index contributed by atoms with van der Waals surface area (Å²) in [5, 5.41) is 5.20. The van der Waals surface area contributed by atoms with Gasteiger partial charge < -0.3 is 15.4 Å². The molecule has 1 rings (SSSR count). The van der Waals surface area contributed by atoms with Gasteiger partial charge >= 0.3 is 6.03 Å². The number of aryl methyl sites for hydroxylation is 1. The van der Waals surface area contributed by atoms with E-state index < -0.39 is 0 Å². The highest BCUT2D eigenvalue weighted by Crippen LogP contribution is 2.13. The molecule has 0 spiro atoms. The molecule has 0 saturated heterocycles. The van der Waals surface area contributed by atoms with Crippen LogP contribution in [0.25, 0.3) is 0 Å². The van der Waals surface area contributed by atoms with E-state index in [9.17, 15) is 9.18 Å². The van der Waals surface area contributed by atoms with Crippen LogP contribution in [0.3, 0.4) is 0 Å². The number of nitrogens with one attached hydrogen (secondary N) is 2. The minimum absolute atomic E-state index is 0.331. The molecule has 0 aromatic heterocycles. The van der Waals surface area contributed by atoms with E-state index in [4.69, 9.17) is 4.74 Å². The smallest absolute Gasteiger partial charge is 0.319 e. The van der Waals surface area contributed by atoms with E-state index in [-0.39, 0.29) is 11.8 Å². The number of hydrogen-bond acceptors (Lipinski definition) is 2. The number of methoxy groups -OCH3 is 1. The summed E-state index contributed by atoms with van der Waals surface area (Å²) in [7, 11) is 1.61. The van der Waals surface area contributed by atoms with Gasteiger partial charge in [-0.3, -0.25) is 0 Å².